The lowest BCUT2D eigenvalue weighted by molar-refractivity contribution is -0.150. The molecule has 5 heteroatoms. The Labute approximate surface area is 121 Å². The third-order valence-corrected chi connectivity index (χ3v) is 5.00. The van der Waals surface area contributed by atoms with Gasteiger partial charge in [0.1, 0.15) is 0 Å². The van der Waals surface area contributed by atoms with Gasteiger partial charge in [0, 0.05) is 13.1 Å². The highest BCUT2D eigenvalue weighted by Gasteiger charge is 2.45. The molecule has 1 heterocycles. The van der Waals surface area contributed by atoms with E-state index >= 15 is 0 Å². The summed E-state index contributed by atoms with van der Waals surface area (Å²) < 4.78 is 0. The van der Waals surface area contributed by atoms with Crippen molar-refractivity contribution in [3.63, 3.8) is 0 Å². The summed E-state index contributed by atoms with van der Waals surface area (Å²) >= 11 is 0. The minimum Gasteiger partial charge on any atom is -0.481 e. The van der Waals surface area contributed by atoms with Crippen LogP contribution in [0.1, 0.15) is 53.9 Å². The summed E-state index contributed by atoms with van der Waals surface area (Å²) in [7, 11) is 0. The highest BCUT2D eigenvalue weighted by molar-refractivity contribution is 5.79. The molecule has 0 bridgehead atoms. The number of hydrogen-bond donors (Lipinski definition) is 2. The lowest BCUT2D eigenvalue weighted by Crippen LogP contribution is -2.60. The maximum absolute atomic E-state index is 12.3. The van der Waals surface area contributed by atoms with Crippen molar-refractivity contribution in [2.45, 2.75) is 59.4 Å². The number of rotatable bonds is 4. The van der Waals surface area contributed by atoms with E-state index in [1.807, 2.05) is 0 Å². The van der Waals surface area contributed by atoms with Gasteiger partial charge in [0.25, 0.3) is 0 Å². The van der Waals surface area contributed by atoms with Crippen molar-refractivity contribution < 1.29 is 14.7 Å². The number of carboxylic acids is 1. The average Bonchev–Trinajstić information content (AvgIpc) is 2.37. The van der Waals surface area contributed by atoms with Gasteiger partial charge in [-0.25, -0.2) is 4.79 Å². The molecule has 20 heavy (non-hydrogen) atoms. The number of urea groups is 1. The summed E-state index contributed by atoms with van der Waals surface area (Å²) in [6, 6.07) is -0.154. The van der Waals surface area contributed by atoms with Gasteiger partial charge in [0.2, 0.25) is 0 Å². The third kappa shape index (κ3) is 3.44. The molecule has 1 aliphatic rings. The molecule has 5 nitrogen and oxygen atoms in total. The molecule has 0 aromatic carbocycles. The molecule has 1 fully saturated rings. The minimum atomic E-state index is -1.02. The number of carbonyl (C=O) groups is 2. The van der Waals surface area contributed by atoms with E-state index in [2.05, 4.69) is 12.2 Å². The normalized spacial score (nSPS) is 17.9. The molecular formula is C15H28N2O3. The van der Waals surface area contributed by atoms with Crippen LogP contribution in [0.25, 0.3) is 0 Å². The zero-order valence-electron chi connectivity index (χ0n) is 13.3. The fraction of sp³-hybridized carbons (Fsp3) is 0.867. The molecule has 1 saturated heterocycles. The topological polar surface area (TPSA) is 69.6 Å². The van der Waals surface area contributed by atoms with E-state index in [1.165, 1.54) is 0 Å². The second kappa shape index (κ2) is 6.02. The van der Waals surface area contributed by atoms with Crippen LogP contribution >= 0.6 is 0 Å². The predicted octanol–water partition coefficient (Wildman–Crippen LogP) is 2.71. The van der Waals surface area contributed by atoms with Crippen molar-refractivity contribution in [1.82, 2.24) is 10.2 Å². The van der Waals surface area contributed by atoms with Crippen LogP contribution in [0.2, 0.25) is 0 Å². The van der Waals surface area contributed by atoms with Gasteiger partial charge in [-0.15, -0.1) is 0 Å². The van der Waals surface area contributed by atoms with Crippen LogP contribution in [0, 0.1) is 11.3 Å². The van der Waals surface area contributed by atoms with Gasteiger partial charge in [0.05, 0.1) is 11.0 Å². The molecule has 0 radical (unpaired) electrons. The fourth-order valence-corrected chi connectivity index (χ4v) is 2.31. The van der Waals surface area contributed by atoms with Crippen molar-refractivity contribution in [3.8, 4) is 0 Å². The lowest BCUT2D eigenvalue weighted by atomic mass is 9.74. The summed E-state index contributed by atoms with van der Waals surface area (Å²) in [5.41, 5.74) is -1.83. The fourth-order valence-electron chi connectivity index (χ4n) is 2.31. The van der Waals surface area contributed by atoms with Crippen molar-refractivity contribution in [2.75, 3.05) is 13.1 Å². The van der Waals surface area contributed by atoms with Crippen LogP contribution in [0.4, 0.5) is 4.79 Å². The monoisotopic (exact) mass is 284 g/mol. The molecule has 116 valence electrons. The first-order valence-electron chi connectivity index (χ1n) is 7.42. The van der Waals surface area contributed by atoms with E-state index in [9.17, 15) is 14.7 Å². The van der Waals surface area contributed by atoms with E-state index in [-0.39, 0.29) is 6.03 Å². The van der Waals surface area contributed by atoms with Gasteiger partial charge in [-0.2, -0.15) is 0 Å². The maximum atomic E-state index is 12.3. The van der Waals surface area contributed by atoms with Crippen LogP contribution < -0.4 is 5.32 Å². The van der Waals surface area contributed by atoms with Gasteiger partial charge in [-0.3, -0.25) is 4.79 Å². The number of amides is 2. The molecular weight excluding hydrogens is 256 g/mol. The van der Waals surface area contributed by atoms with E-state index in [0.29, 0.717) is 5.92 Å². The van der Waals surface area contributed by atoms with Crippen LogP contribution in [0.15, 0.2) is 0 Å². The average molecular weight is 284 g/mol. The second-order valence-electron chi connectivity index (χ2n) is 6.82. The van der Waals surface area contributed by atoms with Gasteiger partial charge >= 0.3 is 12.0 Å². The van der Waals surface area contributed by atoms with Crippen LogP contribution in [0.5, 0.6) is 0 Å². The summed E-state index contributed by atoms with van der Waals surface area (Å²) in [4.78, 5) is 25.4. The first-order chi connectivity index (χ1) is 9.11. The highest BCUT2D eigenvalue weighted by Crippen LogP contribution is 2.31. The Morgan fingerprint density at radius 2 is 1.70 bits per heavy atom. The second-order valence-corrected chi connectivity index (χ2v) is 6.82. The summed E-state index contributed by atoms with van der Waals surface area (Å²) in [6.07, 6.45) is 3.23. The molecule has 0 aromatic rings. The molecule has 0 aromatic heterocycles. The molecule has 0 spiro atoms. The maximum Gasteiger partial charge on any atom is 0.317 e. The Morgan fingerprint density at radius 3 is 2.10 bits per heavy atom. The zero-order chi connectivity index (χ0) is 15.6. The summed E-state index contributed by atoms with van der Waals surface area (Å²) in [5, 5.41) is 12.2. The molecule has 1 rings (SSSR count). The van der Waals surface area contributed by atoms with Crippen molar-refractivity contribution in [1.29, 1.82) is 0 Å². The first kappa shape index (κ1) is 16.8. The predicted molar refractivity (Wildman–Crippen MR) is 78.6 cm³/mol. The van der Waals surface area contributed by atoms with E-state index < -0.39 is 16.9 Å². The number of hydrogen-bond acceptors (Lipinski definition) is 2. The van der Waals surface area contributed by atoms with E-state index in [0.717, 1.165) is 32.4 Å². The van der Waals surface area contributed by atoms with Crippen molar-refractivity contribution >= 4 is 12.0 Å². The number of likely N-dealkylation sites (tertiary alicyclic amines) is 1. The highest BCUT2D eigenvalue weighted by atomic mass is 16.4. The van der Waals surface area contributed by atoms with Gasteiger partial charge in [0.15, 0.2) is 0 Å². The van der Waals surface area contributed by atoms with E-state index in [4.69, 9.17) is 0 Å². The Kier molecular flexibility index (Phi) is 5.05. The van der Waals surface area contributed by atoms with Gasteiger partial charge in [-0.1, -0.05) is 13.3 Å². The van der Waals surface area contributed by atoms with Gasteiger partial charge < -0.3 is 15.3 Å². The lowest BCUT2D eigenvalue weighted by Gasteiger charge is -2.41. The minimum absolute atomic E-state index is 0.154. The Balaban J connectivity index is 2.64. The largest absolute Gasteiger partial charge is 0.481 e. The number of aliphatic carboxylic acids is 1. The Morgan fingerprint density at radius 1 is 1.20 bits per heavy atom. The van der Waals surface area contributed by atoms with Crippen LogP contribution in [0.3, 0.4) is 0 Å². The number of nitrogens with zero attached hydrogens (tertiary/aromatic N) is 1. The first-order valence-corrected chi connectivity index (χ1v) is 7.42. The van der Waals surface area contributed by atoms with Crippen molar-refractivity contribution in [3.05, 3.63) is 0 Å². The SMILES string of the molecule is CCC1CCN(C(=O)NC(C)(C)C(C)(C)C(=O)O)CC1. The number of nitrogens with one attached hydrogen (secondary N) is 1. The molecule has 2 amide bonds. The Hall–Kier alpha value is -1.26. The molecule has 1 aliphatic heterocycles. The quantitative estimate of drug-likeness (QED) is 0.834. The van der Waals surface area contributed by atoms with Gasteiger partial charge in [-0.05, 0) is 46.5 Å². The summed E-state index contributed by atoms with van der Waals surface area (Å²) in [6.45, 7) is 10.5. The number of carboxylic acid groups (broad SMARTS) is 1. The zero-order valence-corrected chi connectivity index (χ0v) is 13.3. The number of carbonyl (C=O) groups excluding carboxylic acids is 1. The molecule has 0 unspecified atom stereocenters. The van der Waals surface area contributed by atoms with Crippen LogP contribution in [-0.4, -0.2) is 40.6 Å². The molecule has 2 N–H and O–H groups in total. The Bertz CT molecular complexity index is 369. The molecule has 0 saturated carbocycles. The smallest absolute Gasteiger partial charge is 0.317 e. The van der Waals surface area contributed by atoms with Crippen molar-refractivity contribution in [2.24, 2.45) is 11.3 Å². The third-order valence-electron chi connectivity index (χ3n) is 5.00. The van der Waals surface area contributed by atoms with Crippen LogP contribution in [-0.2, 0) is 4.79 Å². The molecule has 0 aliphatic carbocycles. The standard InChI is InChI=1S/C15H28N2O3/c1-6-11-7-9-17(10-8-11)13(20)16-15(4,5)14(2,3)12(18)19/h11H,6-10H2,1-5H3,(H,16,20)(H,18,19). The number of piperidine rings is 1. The molecule has 0 atom stereocenters. The summed E-state index contributed by atoms with van der Waals surface area (Å²) in [5.74, 6) is -0.199. The van der Waals surface area contributed by atoms with E-state index in [1.54, 1.807) is 32.6 Å².